The van der Waals surface area contributed by atoms with Gasteiger partial charge in [0.2, 0.25) is 0 Å². The van der Waals surface area contributed by atoms with Crippen molar-refractivity contribution < 1.29 is 0 Å². The van der Waals surface area contributed by atoms with Crippen LogP contribution in [0.2, 0.25) is 0 Å². The molecule has 0 fully saturated rings. The van der Waals surface area contributed by atoms with Gasteiger partial charge in [0.15, 0.2) is 5.11 Å². The highest BCUT2D eigenvalue weighted by Gasteiger charge is 2.00. The number of benzene rings is 1. The van der Waals surface area contributed by atoms with E-state index in [0.717, 1.165) is 30.9 Å². The summed E-state index contributed by atoms with van der Waals surface area (Å²) in [6.45, 7) is 7.93. The second-order valence-corrected chi connectivity index (χ2v) is 5.66. The predicted molar refractivity (Wildman–Crippen MR) is 91.7 cm³/mol. The lowest BCUT2D eigenvalue weighted by molar-refractivity contribution is 0.570. The minimum absolute atomic E-state index is 0.662. The van der Waals surface area contributed by atoms with Crippen LogP contribution in [0.25, 0.3) is 0 Å². The summed E-state index contributed by atoms with van der Waals surface area (Å²) < 4.78 is 1.96. The lowest BCUT2D eigenvalue weighted by Gasteiger charge is -2.11. The van der Waals surface area contributed by atoms with Crippen LogP contribution in [-0.2, 0) is 6.54 Å². The topological polar surface area (TPSA) is 41.9 Å². The summed E-state index contributed by atoms with van der Waals surface area (Å²) in [6.07, 6.45) is 2.98. The summed E-state index contributed by atoms with van der Waals surface area (Å²) >= 11 is 5.30. The molecule has 2 aromatic rings. The Morgan fingerprint density at radius 3 is 2.67 bits per heavy atom. The molecule has 5 heteroatoms. The summed E-state index contributed by atoms with van der Waals surface area (Å²) in [7, 11) is 0. The van der Waals surface area contributed by atoms with Crippen LogP contribution in [-0.4, -0.2) is 21.4 Å². The van der Waals surface area contributed by atoms with Crippen LogP contribution in [0.15, 0.2) is 30.5 Å². The SMILES string of the molecule is Cc1ccn(CCCNC(=S)Nc2ccc(C)c(C)c2)n1. The highest BCUT2D eigenvalue weighted by molar-refractivity contribution is 7.80. The van der Waals surface area contributed by atoms with Crippen molar-refractivity contribution >= 4 is 23.0 Å². The zero-order valence-corrected chi connectivity index (χ0v) is 13.6. The minimum atomic E-state index is 0.662. The third-order valence-electron chi connectivity index (χ3n) is 3.39. The standard InChI is InChI=1S/C16H22N4S/c1-12-5-6-15(11-13(12)2)18-16(21)17-8-4-9-20-10-7-14(3)19-20/h5-7,10-11H,4,8-9H2,1-3H3,(H2,17,18,21). The maximum absolute atomic E-state index is 5.30. The molecule has 1 aromatic heterocycles. The first-order valence-electron chi connectivity index (χ1n) is 7.17. The summed E-state index contributed by atoms with van der Waals surface area (Å²) in [6, 6.07) is 8.26. The normalized spacial score (nSPS) is 10.4. The molecule has 21 heavy (non-hydrogen) atoms. The molecule has 0 aliphatic carbocycles. The van der Waals surface area contributed by atoms with Gasteiger partial charge in [0.25, 0.3) is 0 Å². The molecule has 4 nitrogen and oxygen atoms in total. The van der Waals surface area contributed by atoms with Gasteiger partial charge in [0.05, 0.1) is 5.69 Å². The number of hydrogen-bond acceptors (Lipinski definition) is 2. The van der Waals surface area contributed by atoms with Gasteiger partial charge in [-0.3, -0.25) is 4.68 Å². The Bertz CT molecular complexity index is 618. The third-order valence-corrected chi connectivity index (χ3v) is 3.63. The molecule has 2 N–H and O–H groups in total. The van der Waals surface area contributed by atoms with Crippen molar-refractivity contribution in [3.8, 4) is 0 Å². The second-order valence-electron chi connectivity index (χ2n) is 5.25. The molecular formula is C16H22N4S. The Labute approximate surface area is 131 Å². The van der Waals surface area contributed by atoms with E-state index >= 15 is 0 Å². The van der Waals surface area contributed by atoms with E-state index in [1.54, 1.807) is 0 Å². The summed E-state index contributed by atoms with van der Waals surface area (Å²) in [4.78, 5) is 0. The van der Waals surface area contributed by atoms with Crippen molar-refractivity contribution in [2.75, 3.05) is 11.9 Å². The Balaban J connectivity index is 1.71. The van der Waals surface area contributed by atoms with Crippen molar-refractivity contribution in [3.63, 3.8) is 0 Å². The molecule has 0 saturated heterocycles. The largest absolute Gasteiger partial charge is 0.362 e. The average molecular weight is 302 g/mol. The van der Waals surface area contributed by atoms with Crippen LogP contribution in [0.5, 0.6) is 0 Å². The van der Waals surface area contributed by atoms with E-state index in [9.17, 15) is 0 Å². The molecule has 1 aromatic carbocycles. The molecule has 0 unspecified atom stereocenters. The maximum Gasteiger partial charge on any atom is 0.170 e. The van der Waals surface area contributed by atoms with Crippen molar-refractivity contribution in [2.24, 2.45) is 0 Å². The van der Waals surface area contributed by atoms with E-state index in [4.69, 9.17) is 12.2 Å². The first-order chi connectivity index (χ1) is 10.0. The molecule has 0 radical (unpaired) electrons. The molecule has 0 aliphatic heterocycles. The lowest BCUT2D eigenvalue weighted by Crippen LogP contribution is -2.29. The Hall–Kier alpha value is -1.88. The monoisotopic (exact) mass is 302 g/mol. The predicted octanol–water partition coefficient (Wildman–Crippen LogP) is 3.19. The van der Waals surface area contributed by atoms with Gasteiger partial charge < -0.3 is 10.6 Å². The fourth-order valence-electron chi connectivity index (χ4n) is 2.03. The molecule has 1 heterocycles. The quantitative estimate of drug-likeness (QED) is 0.657. The molecule has 0 saturated carbocycles. The minimum Gasteiger partial charge on any atom is -0.362 e. The first-order valence-corrected chi connectivity index (χ1v) is 7.57. The van der Waals surface area contributed by atoms with E-state index in [1.807, 2.05) is 29.9 Å². The van der Waals surface area contributed by atoms with E-state index in [1.165, 1.54) is 11.1 Å². The number of aryl methyl sites for hydroxylation is 4. The zero-order chi connectivity index (χ0) is 15.2. The summed E-state index contributed by atoms with van der Waals surface area (Å²) in [5.41, 5.74) is 4.62. The highest BCUT2D eigenvalue weighted by Crippen LogP contribution is 2.13. The summed E-state index contributed by atoms with van der Waals surface area (Å²) in [5.74, 6) is 0. The summed E-state index contributed by atoms with van der Waals surface area (Å²) in [5, 5.41) is 11.4. The van der Waals surface area contributed by atoms with Gasteiger partial charge in [0.1, 0.15) is 0 Å². The van der Waals surface area contributed by atoms with Gasteiger partial charge in [-0.15, -0.1) is 0 Å². The molecule has 0 bridgehead atoms. The molecule has 0 amide bonds. The zero-order valence-electron chi connectivity index (χ0n) is 12.8. The molecule has 0 spiro atoms. The fourth-order valence-corrected chi connectivity index (χ4v) is 2.25. The van der Waals surface area contributed by atoms with Crippen molar-refractivity contribution in [1.29, 1.82) is 0 Å². The number of rotatable bonds is 5. The number of nitrogens with zero attached hydrogens (tertiary/aromatic N) is 2. The van der Waals surface area contributed by atoms with Gasteiger partial charge in [-0.1, -0.05) is 6.07 Å². The van der Waals surface area contributed by atoms with E-state index in [0.29, 0.717) is 5.11 Å². The second kappa shape index (κ2) is 7.22. The first kappa shape index (κ1) is 15.5. The molecular weight excluding hydrogens is 280 g/mol. The molecule has 112 valence electrons. The third kappa shape index (κ3) is 4.86. The number of thiocarbonyl (C=S) groups is 1. The Morgan fingerprint density at radius 1 is 1.19 bits per heavy atom. The Morgan fingerprint density at radius 2 is 2.00 bits per heavy atom. The van der Waals surface area contributed by atoms with Crippen LogP contribution in [0.1, 0.15) is 23.2 Å². The number of aromatic nitrogens is 2. The van der Waals surface area contributed by atoms with Gasteiger partial charge in [-0.25, -0.2) is 0 Å². The van der Waals surface area contributed by atoms with E-state index in [2.05, 4.69) is 41.7 Å². The fraction of sp³-hybridized carbons (Fsp3) is 0.375. The lowest BCUT2D eigenvalue weighted by atomic mass is 10.1. The number of nitrogens with one attached hydrogen (secondary N) is 2. The van der Waals surface area contributed by atoms with Crippen LogP contribution < -0.4 is 10.6 Å². The molecule has 0 aliphatic rings. The molecule has 2 rings (SSSR count). The van der Waals surface area contributed by atoms with Crippen LogP contribution in [0.3, 0.4) is 0 Å². The number of anilines is 1. The molecule has 0 atom stereocenters. The van der Waals surface area contributed by atoms with E-state index in [-0.39, 0.29) is 0 Å². The van der Waals surface area contributed by atoms with E-state index < -0.39 is 0 Å². The van der Waals surface area contributed by atoms with Crippen molar-refractivity contribution in [2.45, 2.75) is 33.7 Å². The Kier molecular flexibility index (Phi) is 5.33. The maximum atomic E-state index is 5.30. The van der Waals surface area contributed by atoms with Gasteiger partial charge in [-0.2, -0.15) is 5.10 Å². The highest BCUT2D eigenvalue weighted by atomic mass is 32.1. The van der Waals surface area contributed by atoms with Crippen LogP contribution in [0.4, 0.5) is 5.69 Å². The van der Waals surface area contributed by atoms with Crippen molar-refractivity contribution in [3.05, 3.63) is 47.3 Å². The van der Waals surface area contributed by atoms with Gasteiger partial charge >= 0.3 is 0 Å². The van der Waals surface area contributed by atoms with Gasteiger partial charge in [0, 0.05) is 25.0 Å². The average Bonchev–Trinajstić information content (AvgIpc) is 2.85. The van der Waals surface area contributed by atoms with Crippen LogP contribution >= 0.6 is 12.2 Å². The smallest absolute Gasteiger partial charge is 0.170 e. The number of hydrogen-bond donors (Lipinski definition) is 2. The van der Waals surface area contributed by atoms with Gasteiger partial charge in [-0.05, 0) is 68.7 Å². The van der Waals surface area contributed by atoms with Crippen LogP contribution in [0, 0.1) is 20.8 Å². The van der Waals surface area contributed by atoms with Crippen molar-refractivity contribution in [1.82, 2.24) is 15.1 Å².